The number of ether oxygens (including phenoxy) is 1. The highest BCUT2D eigenvalue weighted by atomic mass is 35.5. The van der Waals surface area contributed by atoms with E-state index in [1.165, 1.54) is 17.8 Å². The molecule has 24 heavy (non-hydrogen) atoms. The van der Waals surface area contributed by atoms with Gasteiger partial charge in [-0.25, -0.2) is 9.37 Å². The van der Waals surface area contributed by atoms with Crippen LogP contribution in [0.2, 0.25) is 10.0 Å². The maximum absolute atomic E-state index is 13.5. The number of rotatable bonds is 6. The first kappa shape index (κ1) is 17.1. The topological polar surface area (TPSA) is 50.8 Å². The summed E-state index contributed by atoms with van der Waals surface area (Å²) in [6.45, 7) is 0.107. The van der Waals surface area contributed by atoms with Gasteiger partial charge >= 0.3 is 0 Å². The number of nitrogens with zero attached hydrogens (tertiary/aromatic N) is 2. The van der Waals surface area contributed by atoms with Crippen LogP contribution in [0.4, 0.5) is 4.39 Å². The molecule has 0 unspecified atom stereocenters. The molecule has 0 bridgehead atoms. The van der Waals surface area contributed by atoms with E-state index in [0.717, 1.165) is 5.56 Å². The maximum atomic E-state index is 13.5. The van der Waals surface area contributed by atoms with E-state index in [2.05, 4.69) is 15.2 Å². The fraction of sp³-hybridized carbons (Fsp3) is 0.125. The summed E-state index contributed by atoms with van der Waals surface area (Å²) in [6.07, 6.45) is 0. The molecule has 3 rings (SSSR count). The van der Waals surface area contributed by atoms with E-state index in [1.54, 1.807) is 30.3 Å². The molecule has 0 radical (unpaired) electrons. The number of H-pyrrole nitrogens is 1. The Balaban J connectivity index is 1.56. The normalized spacial score (nSPS) is 10.8. The molecule has 0 saturated carbocycles. The van der Waals surface area contributed by atoms with Crippen LogP contribution in [-0.4, -0.2) is 15.2 Å². The summed E-state index contributed by atoms with van der Waals surface area (Å²) in [6, 6.07) is 11.6. The molecule has 3 aromatic rings. The Kier molecular flexibility index (Phi) is 5.60. The first-order valence-corrected chi connectivity index (χ1v) is 8.71. The second-order valence-corrected chi connectivity index (χ2v) is 6.59. The van der Waals surface area contributed by atoms with Gasteiger partial charge in [-0.05, 0) is 29.8 Å². The smallest absolute Gasteiger partial charge is 0.208 e. The molecule has 124 valence electrons. The van der Waals surface area contributed by atoms with Crippen LogP contribution in [0.15, 0.2) is 47.6 Å². The molecule has 0 aliphatic heterocycles. The van der Waals surface area contributed by atoms with Crippen molar-refractivity contribution in [1.82, 2.24) is 15.2 Å². The van der Waals surface area contributed by atoms with Gasteiger partial charge in [0, 0.05) is 15.8 Å². The number of benzene rings is 2. The van der Waals surface area contributed by atoms with Gasteiger partial charge in [-0.1, -0.05) is 53.2 Å². The number of halogens is 3. The third-order valence-electron chi connectivity index (χ3n) is 3.08. The van der Waals surface area contributed by atoms with Crippen LogP contribution in [0.5, 0.6) is 5.75 Å². The van der Waals surface area contributed by atoms with Gasteiger partial charge in [0.1, 0.15) is 6.61 Å². The van der Waals surface area contributed by atoms with E-state index >= 15 is 0 Å². The number of hydrogen-bond acceptors (Lipinski definition) is 4. The van der Waals surface area contributed by atoms with E-state index < -0.39 is 5.82 Å². The first-order chi connectivity index (χ1) is 11.6. The van der Waals surface area contributed by atoms with Gasteiger partial charge in [0.15, 0.2) is 17.4 Å². The Bertz CT molecular complexity index is 844. The Morgan fingerprint density at radius 3 is 2.79 bits per heavy atom. The molecule has 1 aromatic heterocycles. The minimum atomic E-state index is -0.413. The van der Waals surface area contributed by atoms with Crippen molar-refractivity contribution in [1.29, 1.82) is 0 Å². The van der Waals surface area contributed by atoms with Crippen LogP contribution < -0.4 is 4.74 Å². The minimum Gasteiger partial charge on any atom is -0.483 e. The lowest BCUT2D eigenvalue weighted by atomic mass is 10.2. The molecule has 0 amide bonds. The number of aromatic nitrogens is 3. The summed E-state index contributed by atoms with van der Waals surface area (Å²) in [5, 5.41) is 8.63. The van der Waals surface area contributed by atoms with Crippen molar-refractivity contribution in [2.45, 2.75) is 17.5 Å². The summed E-state index contributed by atoms with van der Waals surface area (Å²) < 4.78 is 18.9. The molecule has 8 heteroatoms. The SMILES string of the molecule is Fc1ccccc1OCc1nc(SCc2ccc(Cl)cc2Cl)n[nH]1. The molecule has 0 fully saturated rings. The van der Waals surface area contributed by atoms with E-state index in [1.807, 2.05) is 6.07 Å². The summed E-state index contributed by atoms with van der Waals surface area (Å²) in [5.41, 5.74) is 0.944. The van der Waals surface area contributed by atoms with Crippen LogP contribution in [0, 0.1) is 5.82 Å². The van der Waals surface area contributed by atoms with Gasteiger partial charge in [0.25, 0.3) is 0 Å². The highest BCUT2D eigenvalue weighted by Gasteiger charge is 2.08. The van der Waals surface area contributed by atoms with Crippen molar-refractivity contribution in [2.75, 3.05) is 0 Å². The zero-order chi connectivity index (χ0) is 16.9. The minimum absolute atomic E-state index is 0.107. The zero-order valence-electron chi connectivity index (χ0n) is 12.3. The second kappa shape index (κ2) is 7.88. The third-order valence-corrected chi connectivity index (χ3v) is 4.57. The van der Waals surface area contributed by atoms with Gasteiger partial charge in [-0.3, -0.25) is 5.10 Å². The molecule has 0 atom stereocenters. The number of nitrogens with one attached hydrogen (secondary N) is 1. The van der Waals surface area contributed by atoms with E-state index in [-0.39, 0.29) is 12.4 Å². The van der Waals surface area contributed by atoms with Crippen LogP contribution >= 0.6 is 35.0 Å². The van der Waals surface area contributed by atoms with Gasteiger partial charge in [-0.15, -0.1) is 5.10 Å². The molecule has 1 heterocycles. The van der Waals surface area contributed by atoms with Crippen molar-refractivity contribution in [3.63, 3.8) is 0 Å². The van der Waals surface area contributed by atoms with Crippen molar-refractivity contribution in [3.8, 4) is 5.75 Å². The lowest BCUT2D eigenvalue weighted by Gasteiger charge is -2.04. The lowest BCUT2D eigenvalue weighted by molar-refractivity contribution is 0.281. The average Bonchev–Trinajstić information content (AvgIpc) is 3.01. The number of aromatic amines is 1. The second-order valence-electron chi connectivity index (χ2n) is 4.81. The molecule has 0 aliphatic carbocycles. The van der Waals surface area contributed by atoms with Crippen molar-refractivity contribution in [3.05, 3.63) is 69.7 Å². The molecule has 0 aliphatic rings. The molecule has 1 N–H and O–H groups in total. The standard InChI is InChI=1S/C16H12Cl2FN3OS/c17-11-6-5-10(12(18)7-11)9-24-16-20-15(21-22-16)8-23-14-4-2-1-3-13(14)19/h1-7H,8-9H2,(H,20,21,22). The fourth-order valence-corrected chi connectivity index (χ4v) is 3.27. The highest BCUT2D eigenvalue weighted by Crippen LogP contribution is 2.27. The number of para-hydroxylation sites is 1. The predicted octanol–water partition coefficient (Wildman–Crippen LogP) is 5.12. The van der Waals surface area contributed by atoms with E-state index in [4.69, 9.17) is 27.9 Å². The Labute approximate surface area is 152 Å². The van der Waals surface area contributed by atoms with Crippen molar-refractivity contribution < 1.29 is 9.13 Å². The molecule has 4 nitrogen and oxygen atoms in total. The molecule has 0 saturated heterocycles. The van der Waals surface area contributed by atoms with Crippen LogP contribution in [0.25, 0.3) is 0 Å². The molecule has 2 aromatic carbocycles. The van der Waals surface area contributed by atoms with Gasteiger partial charge < -0.3 is 4.74 Å². The monoisotopic (exact) mass is 383 g/mol. The maximum Gasteiger partial charge on any atom is 0.208 e. The van der Waals surface area contributed by atoms with Crippen LogP contribution in [0.1, 0.15) is 11.4 Å². The molecular weight excluding hydrogens is 372 g/mol. The third kappa shape index (κ3) is 4.41. The summed E-state index contributed by atoms with van der Waals surface area (Å²) >= 11 is 13.4. The van der Waals surface area contributed by atoms with Gasteiger partial charge in [0.05, 0.1) is 0 Å². The zero-order valence-corrected chi connectivity index (χ0v) is 14.6. The number of thioether (sulfide) groups is 1. The summed E-state index contributed by atoms with van der Waals surface area (Å²) in [5.74, 6) is 0.893. The van der Waals surface area contributed by atoms with Crippen molar-refractivity contribution in [2.24, 2.45) is 0 Å². The Hall–Kier alpha value is -1.76. The fourth-order valence-electron chi connectivity index (χ4n) is 1.90. The summed E-state index contributed by atoms with van der Waals surface area (Å²) in [4.78, 5) is 4.30. The van der Waals surface area contributed by atoms with Crippen molar-refractivity contribution >= 4 is 35.0 Å². The first-order valence-electron chi connectivity index (χ1n) is 6.97. The molecular formula is C16H12Cl2FN3OS. The van der Waals surface area contributed by atoms with Gasteiger partial charge in [0.2, 0.25) is 5.16 Å². The predicted molar refractivity (Wildman–Crippen MR) is 93.1 cm³/mol. The number of hydrogen-bond donors (Lipinski definition) is 1. The largest absolute Gasteiger partial charge is 0.483 e. The Morgan fingerprint density at radius 1 is 1.17 bits per heavy atom. The average molecular weight is 384 g/mol. The van der Waals surface area contributed by atoms with E-state index in [0.29, 0.717) is 26.8 Å². The van der Waals surface area contributed by atoms with E-state index in [9.17, 15) is 4.39 Å². The summed E-state index contributed by atoms with van der Waals surface area (Å²) in [7, 11) is 0. The Morgan fingerprint density at radius 2 is 2.00 bits per heavy atom. The lowest BCUT2D eigenvalue weighted by Crippen LogP contribution is -1.99. The van der Waals surface area contributed by atoms with Gasteiger partial charge in [-0.2, -0.15) is 0 Å². The highest BCUT2D eigenvalue weighted by molar-refractivity contribution is 7.98. The quantitative estimate of drug-likeness (QED) is 0.600. The molecule has 0 spiro atoms. The van der Waals surface area contributed by atoms with Crippen LogP contribution in [-0.2, 0) is 12.4 Å². The van der Waals surface area contributed by atoms with Crippen LogP contribution in [0.3, 0.4) is 0 Å².